The van der Waals surface area contributed by atoms with Crippen molar-refractivity contribution >= 4 is 11.6 Å². The quantitative estimate of drug-likeness (QED) is 0.211. The zero-order valence-corrected chi connectivity index (χ0v) is 30.5. The van der Waals surface area contributed by atoms with E-state index in [1.54, 1.807) is 7.11 Å². The molecule has 4 saturated carbocycles. The highest BCUT2D eigenvalue weighted by Crippen LogP contribution is 2.55. The van der Waals surface area contributed by atoms with E-state index < -0.39 is 6.10 Å². The van der Waals surface area contributed by atoms with Crippen LogP contribution in [0.15, 0.2) is 0 Å². The highest BCUT2D eigenvalue weighted by molar-refractivity contribution is 6.00. The van der Waals surface area contributed by atoms with Crippen LogP contribution in [0, 0.1) is 70.5 Å². The molecule has 6 nitrogen and oxygen atoms in total. The average molecular weight is 666 g/mol. The fourth-order valence-corrected chi connectivity index (χ4v) is 12.4. The summed E-state index contributed by atoms with van der Waals surface area (Å²) in [5.74, 6) is 11.2. The van der Waals surface area contributed by atoms with Crippen LogP contribution in [0.2, 0.25) is 0 Å². The predicted octanol–water partition coefficient (Wildman–Crippen LogP) is 6.57. The lowest BCUT2D eigenvalue weighted by atomic mass is 9.63. The van der Waals surface area contributed by atoms with E-state index in [1.807, 2.05) is 0 Å². The number of aliphatic hydroxyl groups excluding tert-OH is 1. The molecular formula is C42H69N2O4+. The van der Waals surface area contributed by atoms with Crippen LogP contribution in [0.4, 0.5) is 0 Å². The molecule has 0 aromatic carbocycles. The third-order valence-corrected chi connectivity index (χ3v) is 14.8. The summed E-state index contributed by atoms with van der Waals surface area (Å²) in [4.78, 5) is 28.1. The Kier molecular flexibility index (Phi) is 12.8. The maximum atomic E-state index is 14.4. The number of hydrogen-bond donors (Lipinski definition) is 3. The van der Waals surface area contributed by atoms with Crippen LogP contribution >= 0.6 is 0 Å². The van der Waals surface area contributed by atoms with E-state index in [0.717, 1.165) is 38.6 Å². The molecule has 0 spiro atoms. The van der Waals surface area contributed by atoms with Crippen molar-refractivity contribution in [2.75, 3.05) is 13.7 Å². The molecule has 6 heteroatoms. The molecule has 5 N–H and O–H groups in total. The molecule has 0 radical (unpaired) electrons. The molecule has 6 rings (SSSR count). The summed E-state index contributed by atoms with van der Waals surface area (Å²) in [7, 11) is 1.71. The van der Waals surface area contributed by atoms with Crippen molar-refractivity contribution in [2.45, 2.75) is 167 Å². The maximum absolute atomic E-state index is 14.4. The SMILES string of the molecule is CCCC1([C@@H]2C[C@H](CC3CC[NH2+]C(N)C3)C[C@@H]3C#C[C@H](C4CCCCC4)C4CC(O)C(OC)CC4CCC(=O)CC(=O)[C@@H]3C2)CCCC1. The Morgan fingerprint density at radius 2 is 1.69 bits per heavy atom. The van der Waals surface area contributed by atoms with Gasteiger partial charge in [0.15, 0.2) is 0 Å². The lowest BCUT2D eigenvalue weighted by Gasteiger charge is -2.44. The van der Waals surface area contributed by atoms with Crippen molar-refractivity contribution in [3.8, 4) is 11.8 Å². The number of piperidine rings is 1. The molecule has 0 amide bonds. The zero-order chi connectivity index (χ0) is 33.7. The van der Waals surface area contributed by atoms with Crippen LogP contribution in [-0.4, -0.2) is 48.7 Å². The van der Waals surface area contributed by atoms with Gasteiger partial charge in [0.05, 0.1) is 25.2 Å². The average Bonchev–Trinajstić information content (AvgIpc) is 3.47. The molecular weight excluding hydrogens is 596 g/mol. The monoisotopic (exact) mass is 666 g/mol. The second-order valence-corrected chi connectivity index (χ2v) is 17.8. The number of methoxy groups -OCH3 is 1. The predicted molar refractivity (Wildman–Crippen MR) is 190 cm³/mol. The van der Waals surface area contributed by atoms with Gasteiger partial charge >= 0.3 is 0 Å². The van der Waals surface area contributed by atoms with Gasteiger partial charge in [0, 0.05) is 37.7 Å². The van der Waals surface area contributed by atoms with Gasteiger partial charge in [-0.05, 0) is 124 Å². The first kappa shape index (κ1) is 36.5. The Hall–Kier alpha value is -1.26. The molecule has 5 fully saturated rings. The van der Waals surface area contributed by atoms with Crippen molar-refractivity contribution in [3.63, 3.8) is 0 Å². The molecule has 0 bridgehead atoms. The van der Waals surface area contributed by atoms with E-state index in [2.05, 4.69) is 24.1 Å². The summed E-state index contributed by atoms with van der Waals surface area (Å²) < 4.78 is 5.76. The third kappa shape index (κ3) is 8.60. The van der Waals surface area contributed by atoms with Crippen molar-refractivity contribution in [2.24, 2.45) is 64.4 Å². The molecule has 48 heavy (non-hydrogen) atoms. The Labute approximate surface area is 292 Å². The molecule has 6 aliphatic rings. The molecule has 11 atom stereocenters. The summed E-state index contributed by atoms with van der Waals surface area (Å²) in [6.45, 7) is 3.47. The number of Topliss-reactive ketones (excluding diaryl/α,β-unsaturated/α-hetero) is 2. The van der Waals surface area contributed by atoms with E-state index in [9.17, 15) is 14.7 Å². The van der Waals surface area contributed by atoms with Gasteiger partial charge < -0.3 is 15.2 Å². The lowest BCUT2D eigenvalue weighted by Crippen LogP contribution is -2.94. The number of carbonyl (C=O) groups is 2. The van der Waals surface area contributed by atoms with Crippen LogP contribution in [0.25, 0.3) is 0 Å². The molecule has 6 unspecified atom stereocenters. The summed E-state index contributed by atoms with van der Waals surface area (Å²) in [6.07, 6.45) is 23.0. The first-order valence-electron chi connectivity index (χ1n) is 20.6. The van der Waals surface area contributed by atoms with E-state index in [4.69, 9.17) is 10.5 Å². The number of aliphatic hydroxyl groups is 1. The summed E-state index contributed by atoms with van der Waals surface area (Å²) in [6, 6.07) is 0. The summed E-state index contributed by atoms with van der Waals surface area (Å²) >= 11 is 0. The lowest BCUT2D eigenvalue weighted by molar-refractivity contribution is -0.699. The van der Waals surface area contributed by atoms with Gasteiger partial charge in [-0.1, -0.05) is 57.3 Å². The molecule has 5 aliphatic carbocycles. The van der Waals surface area contributed by atoms with E-state index in [0.29, 0.717) is 47.8 Å². The number of quaternary nitrogens is 1. The first-order chi connectivity index (χ1) is 23.3. The van der Waals surface area contributed by atoms with Crippen LogP contribution in [0.1, 0.15) is 148 Å². The Balaban J connectivity index is 1.38. The Morgan fingerprint density at radius 1 is 0.896 bits per heavy atom. The number of carbonyl (C=O) groups excluding carboxylic acids is 2. The smallest absolute Gasteiger partial charge is 0.144 e. The molecule has 1 aliphatic heterocycles. The number of fused-ring (bicyclic) bond motifs is 2. The van der Waals surface area contributed by atoms with Crippen molar-refractivity contribution in [1.29, 1.82) is 0 Å². The minimum Gasteiger partial charge on any atom is -0.390 e. The normalized spacial score (nSPS) is 41.5. The topological polar surface area (TPSA) is 106 Å². The minimum atomic E-state index is -0.481. The fraction of sp³-hybridized carbons (Fsp3) is 0.905. The highest BCUT2D eigenvalue weighted by Gasteiger charge is 2.48. The minimum absolute atomic E-state index is 0.0217. The number of rotatable bonds is 7. The van der Waals surface area contributed by atoms with Crippen molar-refractivity contribution in [1.82, 2.24) is 0 Å². The summed E-state index contributed by atoms with van der Waals surface area (Å²) in [5.41, 5.74) is 6.81. The van der Waals surface area contributed by atoms with E-state index in [-0.39, 0.29) is 53.9 Å². The Bertz CT molecular complexity index is 1130. The summed E-state index contributed by atoms with van der Waals surface area (Å²) in [5, 5.41) is 13.5. The van der Waals surface area contributed by atoms with Gasteiger partial charge in [-0.15, -0.1) is 0 Å². The van der Waals surface area contributed by atoms with Crippen LogP contribution in [0.3, 0.4) is 0 Å². The van der Waals surface area contributed by atoms with Gasteiger partial charge in [0.1, 0.15) is 17.7 Å². The molecule has 1 heterocycles. The van der Waals surface area contributed by atoms with Crippen LogP contribution < -0.4 is 11.1 Å². The molecule has 1 saturated heterocycles. The van der Waals surface area contributed by atoms with Crippen molar-refractivity contribution in [3.05, 3.63) is 0 Å². The van der Waals surface area contributed by atoms with E-state index >= 15 is 0 Å². The van der Waals surface area contributed by atoms with Crippen LogP contribution in [0.5, 0.6) is 0 Å². The number of ether oxygens (including phenoxy) is 1. The number of ketones is 2. The Morgan fingerprint density at radius 3 is 2.42 bits per heavy atom. The van der Waals surface area contributed by atoms with Gasteiger partial charge in [0.2, 0.25) is 0 Å². The van der Waals surface area contributed by atoms with Gasteiger partial charge in [-0.25, -0.2) is 0 Å². The number of hydrogen-bond acceptors (Lipinski definition) is 5. The van der Waals surface area contributed by atoms with E-state index in [1.165, 1.54) is 89.9 Å². The maximum Gasteiger partial charge on any atom is 0.144 e. The first-order valence-corrected chi connectivity index (χ1v) is 20.6. The largest absolute Gasteiger partial charge is 0.390 e. The second-order valence-electron chi connectivity index (χ2n) is 17.8. The second kappa shape index (κ2) is 16.8. The third-order valence-electron chi connectivity index (χ3n) is 14.8. The fourth-order valence-electron chi connectivity index (χ4n) is 12.4. The van der Waals surface area contributed by atoms with Crippen LogP contribution in [-0.2, 0) is 14.3 Å². The molecule has 0 aromatic heterocycles. The van der Waals surface area contributed by atoms with Gasteiger partial charge in [-0.2, -0.15) is 0 Å². The molecule has 0 aromatic rings. The van der Waals surface area contributed by atoms with Gasteiger partial charge in [0.25, 0.3) is 0 Å². The van der Waals surface area contributed by atoms with Gasteiger partial charge in [-0.3, -0.25) is 15.3 Å². The standard InChI is InChI=1S/C42H68N2O4/c1-3-16-42(17-7-8-18-42)33-22-29(20-28-15-19-44-41(43)23-28)21-31-12-14-35(30-9-5-4-6-10-30)36-27-39(47)40(48-2)24-32(36)11-13-34(45)26-38(46)37(31)25-33/h28-33,35-37,39-41,44,47H,3-11,13,15-27,43H2,1-2H3/p+1/t28?,29-,31+,32?,33-,35-,36?,37-,39?,40?,41?/m1/s1. The van der Waals surface area contributed by atoms with Crippen molar-refractivity contribution < 1.29 is 24.7 Å². The molecule has 270 valence electrons. The number of nitrogens with two attached hydrogens (primary N) is 2. The highest BCUT2D eigenvalue weighted by atomic mass is 16.5. The zero-order valence-electron chi connectivity index (χ0n) is 30.5.